The van der Waals surface area contributed by atoms with Crippen LogP contribution in [0.5, 0.6) is 0 Å². The molecule has 6 nitrogen and oxygen atoms in total. The monoisotopic (exact) mass is 231 g/mol. The van der Waals surface area contributed by atoms with E-state index in [1.807, 2.05) is 0 Å². The van der Waals surface area contributed by atoms with Gasteiger partial charge in [0.05, 0.1) is 12.7 Å². The number of nitrogens with zero attached hydrogens (tertiary/aromatic N) is 2. The van der Waals surface area contributed by atoms with Crippen molar-refractivity contribution >= 4 is 22.9 Å². The molecule has 0 spiro atoms. The van der Waals surface area contributed by atoms with E-state index in [1.165, 1.54) is 19.4 Å². The van der Waals surface area contributed by atoms with Crippen molar-refractivity contribution in [2.45, 2.75) is 0 Å². The average molecular weight is 231 g/mol. The second-order valence-electron chi connectivity index (χ2n) is 3.29. The lowest BCUT2D eigenvalue weighted by atomic mass is 10.1. The molecule has 0 aliphatic rings. The molecule has 0 fully saturated rings. The van der Waals surface area contributed by atoms with Crippen LogP contribution in [0.25, 0.3) is 11.0 Å². The first kappa shape index (κ1) is 11.0. The van der Waals surface area contributed by atoms with Gasteiger partial charge >= 0.3 is 5.97 Å². The summed E-state index contributed by atoms with van der Waals surface area (Å²) >= 11 is 0. The van der Waals surface area contributed by atoms with E-state index in [0.717, 1.165) is 0 Å². The van der Waals surface area contributed by atoms with E-state index >= 15 is 0 Å². The highest BCUT2D eigenvalue weighted by Gasteiger charge is 2.15. The molecule has 0 bridgehead atoms. The zero-order valence-corrected chi connectivity index (χ0v) is 9.01. The Morgan fingerprint density at radius 2 is 2.18 bits per heavy atom. The van der Waals surface area contributed by atoms with E-state index in [-0.39, 0.29) is 16.9 Å². The number of carbonyl (C=O) groups is 2. The third kappa shape index (κ3) is 1.92. The molecule has 2 aromatic rings. The number of ether oxygens (including phenoxy) is 1. The third-order valence-corrected chi connectivity index (χ3v) is 2.24. The molecular weight excluding hydrogens is 222 g/mol. The number of pyridine rings is 2. The van der Waals surface area contributed by atoms with Crippen molar-refractivity contribution in [1.82, 2.24) is 9.97 Å². The van der Waals surface area contributed by atoms with Crippen molar-refractivity contribution in [2.75, 3.05) is 7.11 Å². The molecule has 17 heavy (non-hydrogen) atoms. The minimum atomic E-state index is -0.720. The van der Waals surface area contributed by atoms with Crippen LogP contribution in [0.3, 0.4) is 0 Å². The largest absolute Gasteiger partial charge is 0.465 e. The summed E-state index contributed by atoms with van der Waals surface area (Å²) in [6.07, 6.45) is 1.52. The molecule has 0 unspecified atom stereocenters. The minimum Gasteiger partial charge on any atom is -0.465 e. The summed E-state index contributed by atoms with van der Waals surface area (Å²) in [5.41, 5.74) is 5.62. The van der Waals surface area contributed by atoms with Gasteiger partial charge in [0.1, 0.15) is 5.69 Å². The van der Waals surface area contributed by atoms with Crippen molar-refractivity contribution in [2.24, 2.45) is 5.73 Å². The lowest BCUT2D eigenvalue weighted by molar-refractivity contribution is 0.0603. The van der Waals surface area contributed by atoms with Gasteiger partial charge in [-0.1, -0.05) is 0 Å². The molecule has 0 radical (unpaired) electrons. The molecule has 6 heteroatoms. The Hall–Kier alpha value is -2.50. The number of hydrogen-bond acceptors (Lipinski definition) is 5. The molecule has 2 aromatic heterocycles. The molecular formula is C11H9N3O3. The maximum atomic E-state index is 11.6. The number of hydrogen-bond donors (Lipinski definition) is 1. The topological polar surface area (TPSA) is 95.2 Å². The lowest BCUT2D eigenvalue weighted by Crippen LogP contribution is -2.15. The van der Waals surface area contributed by atoms with Crippen LogP contribution in [0.1, 0.15) is 20.8 Å². The van der Waals surface area contributed by atoms with Crippen LogP contribution in [0, 0.1) is 0 Å². The maximum absolute atomic E-state index is 11.6. The normalized spacial score (nSPS) is 10.2. The summed E-state index contributed by atoms with van der Waals surface area (Å²) in [7, 11) is 1.26. The molecule has 1 amide bonds. The number of amides is 1. The summed E-state index contributed by atoms with van der Waals surface area (Å²) in [6, 6.07) is 4.64. The molecule has 0 saturated carbocycles. The minimum absolute atomic E-state index is 0.0170. The number of rotatable bonds is 2. The molecule has 0 aromatic carbocycles. The Labute approximate surface area is 96.4 Å². The number of aromatic nitrogens is 2. The lowest BCUT2D eigenvalue weighted by Gasteiger charge is -2.05. The zero-order valence-electron chi connectivity index (χ0n) is 9.01. The fourth-order valence-electron chi connectivity index (χ4n) is 1.46. The summed E-state index contributed by atoms with van der Waals surface area (Å²) in [4.78, 5) is 30.6. The van der Waals surface area contributed by atoms with Gasteiger partial charge in [-0.25, -0.2) is 14.8 Å². The van der Waals surface area contributed by atoms with Gasteiger partial charge in [-0.15, -0.1) is 0 Å². The van der Waals surface area contributed by atoms with E-state index in [9.17, 15) is 9.59 Å². The highest BCUT2D eigenvalue weighted by atomic mass is 16.5. The summed E-state index contributed by atoms with van der Waals surface area (Å²) in [5, 5.41) is 0.518. The van der Waals surface area contributed by atoms with E-state index in [4.69, 9.17) is 5.73 Å². The fourth-order valence-corrected chi connectivity index (χ4v) is 1.46. The molecule has 2 rings (SSSR count). The Kier molecular flexibility index (Phi) is 2.70. The van der Waals surface area contributed by atoms with Crippen LogP contribution in [0.4, 0.5) is 0 Å². The predicted octanol–water partition coefficient (Wildman–Crippen LogP) is 0.515. The van der Waals surface area contributed by atoms with Gasteiger partial charge in [0.15, 0.2) is 5.65 Å². The predicted molar refractivity (Wildman–Crippen MR) is 59.4 cm³/mol. The first-order chi connectivity index (χ1) is 8.13. The molecule has 2 N–H and O–H groups in total. The number of carbonyl (C=O) groups excluding carboxylic acids is 2. The fraction of sp³-hybridized carbons (Fsp3) is 0.0909. The van der Waals surface area contributed by atoms with Crippen LogP contribution in [-0.2, 0) is 4.74 Å². The molecule has 0 saturated heterocycles. The van der Waals surface area contributed by atoms with Crippen LogP contribution in [0.2, 0.25) is 0 Å². The second kappa shape index (κ2) is 4.17. The molecule has 0 aliphatic carbocycles. The van der Waals surface area contributed by atoms with E-state index in [2.05, 4.69) is 14.7 Å². The standard InChI is InChI=1S/C11H9N3O3/c1-17-11(16)7-5-8(9(12)15)14-10-6(7)3-2-4-13-10/h2-5H,1H3,(H2,12,15). The number of esters is 1. The van der Waals surface area contributed by atoms with Gasteiger partial charge in [-0.3, -0.25) is 4.79 Å². The molecule has 0 atom stereocenters. The van der Waals surface area contributed by atoms with Crippen molar-refractivity contribution < 1.29 is 14.3 Å². The van der Waals surface area contributed by atoms with Crippen molar-refractivity contribution in [3.05, 3.63) is 35.7 Å². The van der Waals surface area contributed by atoms with Crippen LogP contribution < -0.4 is 5.73 Å². The summed E-state index contributed by atoms with van der Waals surface area (Å²) < 4.78 is 4.63. The van der Waals surface area contributed by atoms with E-state index in [0.29, 0.717) is 5.39 Å². The van der Waals surface area contributed by atoms with Gasteiger partial charge in [0, 0.05) is 11.6 Å². The Balaban J connectivity index is 2.78. The highest BCUT2D eigenvalue weighted by molar-refractivity contribution is 6.05. The van der Waals surface area contributed by atoms with Crippen LogP contribution >= 0.6 is 0 Å². The molecule has 86 valence electrons. The van der Waals surface area contributed by atoms with Gasteiger partial charge in [-0.05, 0) is 18.2 Å². The van der Waals surface area contributed by atoms with Gasteiger partial charge in [0.25, 0.3) is 5.91 Å². The number of nitrogens with two attached hydrogens (primary N) is 1. The Morgan fingerprint density at radius 3 is 2.82 bits per heavy atom. The van der Waals surface area contributed by atoms with E-state index in [1.54, 1.807) is 12.1 Å². The highest BCUT2D eigenvalue weighted by Crippen LogP contribution is 2.17. The van der Waals surface area contributed by atoms with Crippen LogP contribution in [0.15, 0.2) is 24.4 Å². The number of methoxy groups -OCH3 is 1. The van der Waals surface area contributed by atoms with Crippen LogP contribution in [-0.4, -0.2) is 29.0 Å². The molecule has 0 aliphatic heterocycles. The summed E-state index contributed by atoms with van der Waals surface area (Å²) in [6.45, 7) is 0. The zero-order chi connectivity index (χ0) is 12.4. The number of primary amides is 1. The maximum Gasteiger partial charge on any atom is 0.338 e. The SMILES string of the molecule is COC(=O)c1cc(C(N)=O)nc2ncccc12. The van der Waals surface area contributed by atoms with Crippen molar-refractivity contribution in [3.63, 3.8) is 0 Å². The first-order valence-electron chi connectivity index (χ1n) is 4.77. The van der Waals surface area contributed by atoms with Gasteiger partial charge in [-0.2, -0.15) is 0 Å². The smallest absolute Gasteiger partial charge is 0.338 e. The van der Waals surface area contributed by atoms with Crippen molar-refractivity contribution in [3.8, 4) is 0 Å². The average Bonchev–Trinajstić information content (AvgIpc) is 2.36. The van der Waals surface area contributed by atoms with Gasteiger partial charge < -0.3 is 10.5 Å². The van der Waals surface area contributed by atoms with Crippen molar-refractivity contribution in [1.29, 1.82) is 0 Å². The first-order valence-corrected chi connectivity index (χ1v) is 4.77. The van der Waals surface area contributed by atoms with Gasteiger partial charge in [0.2, 0.25) is 0 Å². The Bertz CT molecular complexity index is 610. The number of fused-ring (bicyclic) bond motifs is 1. The third-order valence-electron chi connectivity index (χ3n) is 2.24. The second-order valence-corrected chi connectivity index (χ2v) is 3.29. The quantitative estimate of drug-likeness (QED) is 0.760. The summed E-state index contributed by atoms with van der Waals surface area (Å²) in [5.74, 6) is -1.28. The molecule has 2 heterocycles. The Morgan fingerprint density at radius 1 is 1.41 bits per heavy atom. The van der Waals surface area contributed by atoms with E-state index < -0.39 is 11.9 Å².